The lowest BCUT2D eigenvalue weighted by Crippen LogP contribution is -2.28. The summed E-state index contributed by atoms with van der Waals surface area (Å²) in [7, 11) is 0. The number of aliphatic imine (C=N–C) groups is 3. The zero-order valence-electron chi connectivity index (χ0n) is 14.5. The number of aromatic amines is 1. The SMILES string of the molecule is CCN=CC(=CN)NC1=NCC(Cc2c[nH]c3ncc(C)cc23)C=N1. The van der Waals surface area contributed by atoms with Crippen LogP contribution in [0, 0.1) is 12.8 Å². The van der Waals surface area contributed by atoms with Crippen LogP contribution in [0.5, 0.6) is 0 Å². The Morgan fingerprint density at radius 1 is 1.52 bits per heavy atom. The molecule has 3 rings (SSSR count). The molecule has 0 bridgehead atoms. The van der Waals surface area contributed by atoms with Crippen molar-refractivity contribution in [3.8, 4) is 0 Å². The summed E-state index contributed by atoms with van der Waals surface area (Å²) in [5.41, 5.74) is 9.59. The molecule has 3 heterocycles. The third-order valence-electron chi connectivity index (χ3n) is 3.97. The van der Waals surface area contributed by atoms with Gasteiger partial charge < -0.3 is 16.0 Å². The lowest BCUT2D eigenvalue weighted by Gasteiger charge is -2.15. The van der Waals surface area contributed by atoms with Crippen LogP contribution in [0.25, 0.3) is 11.0 Å². The molecular weight excluding hydrogens is 314 g/mol. The van der Waals surface area contributed by atoms with E-state index >= 15 is 0 Å². The van der Waals surface area contributed by atoms with Gasteiger partial charge in [-0.25, -0.2) is 9.98 Å². The van der Waals surface area contributed by atoms with Gasteiger partial charge in [0.25, 0.3) is 0 Å². The summed E-state index contributed by atoms with van der Waals surface area (Å²) in [6.07, 6.45) is 9.87. The highest BCUT2D eigenvalue weighted by molar-refractivity contribution is 5.95. The first-order valence-electron chi connectivity index (χ1n) is 8.39. The third kappa shape index (κ3) is 4.12. The summed E-state index contributed by atoms with van der Waals surface area (Å²) in [5, 5.41) is 4.25. The standard InChI is InChI=1S/C18H23N7/c1-3-20-11-15(6-19)25-18-23-8-13(9-24-18)5-14-10-22-17-16(14)4-12(2)7-21-17/h4,6-8,10-11,13H,3,5,9,19H2,1-2H3,(H,21,22)(H,24,25). The Morgan fingerprint density at radius 3 is 3.12 bits per heavy atom. The van der Waals surface area contributed by atoms with Crippen molar-refractivity contribution in [2.75, 3.05) is 13.1 Å². The van der Waals surface area contributed by atoms with Crippen molar-refractivity contribution in [2.45, 2.75) is 20.3 Å². The van der Waals surface area contributed by atoms with Gasteiger partial charge >= 0.3 is 0 Å². The van der Waals surface area contributed by atoms with Gasteiger partial charge in [0.15, 0.2) is 0 Å². The van der Waals surface area contributed by atoms with E-state index in [1.54, 1.807) is 6.21 Å². The van der Waals surface area contributed by atoms with Crippen molar-refractivity contribution in [1.29, 1.82) is 0 Å². The minimum atomic E-state index is 0.264. The first-order valence-corrected chi connectivity index (χ1v) is 8.39. The molecule has 0 fully saturated rings. The molecule has 0 radical (unpaired) electrons. The Morgan fingerprint density at radius 2 is 2.40 bits per heavy atom. The van der Waals surface area contributed by atoms with Crippen LogP contribution in [0.3, 0.4) is 0 Å². The molecule has 1 unspecified atom stereocenters. The fourth-order valence-corrected chi connectivity index (χ4v) is 2.71. The molecule has 25 heavy (non-hydrogen) atoms. The Hall–Kier alpha value is -2.96. The maximum absolute atomic E-state index is 5.58. The van der Waals surface area contributed by atoms with Crippen LogP contribution in [0.1, 0.15) is 18.1 Å². The van der Waals surface area contributed by atoms with E-state index in [1.165, 1.54) is 17.1 Å². The van der Waals surface area contributed by atoms with Gasteiger partial charge in [-0.1, -0.05) is 0 Å². The lowest BCUT2D eigenvalue weighted by molar-refractivity contribution is 0.703. The second kappa shape index (κ2) is 7.74. The number of nitrogens with zero attached hydrogens (tertiary/aromatic N) is 4. The number of H-pyrrole nitrogens is 1. The molecule has 0 saturated carbocycles. The Balaban J connectivity index is 1.64. The summed E-state index contributed by atoms with van der Waals surface area (Å²) in [6, 6.07) is 2.16. The van der Waals surface area contributed by atoms with Gasteiger partial charge in [0, 0.05) is 48.9 Å². The van der Waals surface area contributed by atoms with Crippen molar-refractivity contribution in [3.63, 3.8) is 0 Å². The zero-order valence-corrected chi connectivity index (χ0v) is 14.5. The average Bonchev–Trinajstić information content (AvgIpc) is 3.02. The van der Waals surface area contributed by atoms with E-state index in [2.05, 4.69) is 43.3 Å². The summed E-state index contributed by atoms with van der Waals surface area (Å²) >= 11 is 0. The molecular formula is C18H23N7. The van der Waals surface area contributed by atoms with Crippen LogP contribution < -0.4 is 11.1 Å². The molecule has 0 amide bonds. The van der Waals surface area contributed by atoms with Crippen LogP contribution in [-0.4, -0.2) is 41.4 Å². The number of hydrogen-bond donors (Lipinski definition) is 3. The molecule has 1 aliphatic heterocycles. The van der Waals surface area contributed by atoms with E-state index in [0.717, 1.165) is 17.6 Å². The molecule has 7 nitrogen and oxygen atoms in total. The monoisotopic (exact) mass is 337 g/mol. The Bertz CT molecular complexity index is 857. The number of allylic oxidation sites excluding steroid dienone is 1. The number of nitrogens with one attached hydrogen (secondary N) is 2. The van der Waals surface area contributed by atoms with Crippen LogP contribution in [-0.2, 0) is 6.42 Å². The lowest BCUT2D eigenvalue weighted by atomic mass is 10.00. The minimum absolute atomic E-state index is 0.264. The Kier molecular flexibility index (Phi) is 5.23. The van der Waals surface area contributed by atoms with Crippen LogP contribution in [0.2, 0.25) is 0 Å². The van der Waals surface area contributed by atoms with E-state index in [9.17, 15) is 0 Å². The summed E-state index contributed by atoms with van der Waals surface area (Å²) < 4.78 is 0. The maximum Gasteiger partial charge on any atom is 0.222 e. The van der Waals surface area contributed by atoms with Crippen molar-refractivity contribution in [1.82, 2.24) is 15.3 Å². The van der Waals surface area contributed by atoms with Gasteiger partial charge in [-0.2, -0.15) is 0 Å². The molecule has 2 aromatic heterocycles. The van der Waals surface area contributed by atoms with Crippen molar-refractivity contribution in [2.24, 2.45) is 26.6 Å². The predicted octanol–water partition coefficient (Wildman–Crippen LogP) is 1.95. The van der Waals surface area contributed by atoms with Gasteiger partial charge in [-0.3, -0.25) is 9.98 Å². The average molecular weight is 337 g/mol. The fraction of sp³-hybridized carbons (Fsp3) is 0.333. The highest BCUT2D eigenvalue weighted by atomic mass is 15.1. The number of aryl methyl sites for hydroxylation is 1. The number of fused-ring (bicyclic) bond motifs is 1. The second-order valence-corrected chi connectivity index (χ2v) is 6.00. The van der Waals surface area contributed by atoms with Crippen LogP contribution >= 0.6 is 0 Å². The van der Waals surface area contributed by atoms with E-state index < -0.39 is 0 Å². The number of hydrogen-bond acceptors (Lipinski definition) is 6. The van der Waals surface area contributed by atoms with Gasteiger partial charge in [0.05, 0.1) is 12.2 Å². The summed E-state index contributed by atoms with van der Waals surface area (Å²) in [6.45, 7) is 5.40. The summed E-state index contributed by atoms with van der Waals surface area (Å²) in [5.74, 6) is 0.826. The molecule has 0 saturated heterocycles. The molecule has 4 N–H and O–H groups in total. The Labute approximate surface area is 146 Å². The molecule has 2 aromatic rings. The van der Waals surface area contributed by atoms with Crippen molar-refractivity contribution < 1.29 is 0 Å². The topological polar surface area (TPSA) is 104 Å². The van der Waals surface area contributed by atoms with E-state index in [-0.39, 0.29) is 5.92 Å². The van der Waals surface area contributed by atoms with Crippen LogP contribution in [0.15, 0.2) is 45.3 Å². The third-order valence-corrected chi connectivity index (χ3v) is 3.97. The van der Waals surface area contributed by atoms with Crippen LogP contribution in [0.4, 0.5) is 0 Å². The normalized spacial score (nSPS) is 18.1. The summed E-state index contributed by atoms with van der Waals surface area (Å²) in [4.78, 5) is 20.7. The highest BCUT2D eigenvalue weighted by Gasteiger charge is 2.15. The first-order chi connectivity index (χ1) is 12.2. The van der Waals surface area contributed by atoms with Gasteiger partial charge in [0.2, 0.25) is 5.96 Å². The molecule has 0 spiro atoms. The van der Waals surface area contributed by atoms with Gasteiger partial charge in [-0.15, -0.1) is 0 Å². The van der Waals surface area contributed by atoms with Gasteiger partial charge in [0.1, 0.15) is 5.65 Å². The highest BCUT2D eigenvalue weighted by Crippen LogP contribution is 2.21. The number of rotatable bonds is 5. The number of pyridine rings is 1. The van der Waals surface area contributed by atoms with Crippen molar-refractivity contribution >= 4 is 29.4 Å². The predicted molar refractivity (Wildman–Crippen MR) is 103 cm³/mol. The zero-order chi connectivity index (χ0) is 17.6. The van der Waals surface area contributed by atoms with E-state index in [0.29, 0.717) is 24.7 Å². The molecule has 0 aromatic carbocycles. The molecule has 1 atom stereocenters. The number of aromatic nitrogens is 2. The molecule has 0 aliphatic carbocycles. The number of guanidine groups is 1. The largest absolute Gasteiger partial charge is 0.403 e. The second-order valence-electron chi connectivity index (χ2n) is 6.00. The quantitative estimate of drug-likeness (QED) is 0.726. The molecule has 130 valence electrons. The van der Waals surface area contributed by atoms with E-state index in [4.69, 9.17) is 5.73 Å². The minimum Gasteiger partial charge on any atom is -0.403 e. The maximum atomic E-state index is 5.58. The first kappa shape index (κ1) is 16.9. The smallest absolute Gasteiger partial charge is 0.222 e. The van der Waals surface area contributed by atoms with E-state index in [1.807, 2.05) is 25.5 Å². The van der Waals surface area contributed by atoms with Crippen molar-refractivity contribution in [3.05, 3.63) is 41.5 Å². The fourth-order valence-electron chi connectivity index (χ4n) is 2.71. The number of nitrogens with two attached hydrogens (primary N) is 1. The molecule has 1 aliphatic rings. The van der Waals surface area contributed by atoms with Gasteiger partial charge in [-0.05, 0) is 37.5 Å². The molecule has 7 heteroatoms.